The van der Waals surface area contributed by atoms with Crippen LogP contribution in [-0.2, 0) is 4.79 Å². The first kappa shape index (κ1) is 14.0. The first-order valence-corrected chi connectivity index (χ1v) is 6.98. The van der Waals surface area contributed by atoms with Gasteiger partial charge < -0.3 is 4.90 Å². The molecule has 1 saturated heterocycles. The first-order chi connectivity index (χ1) is 9.20. The fraction of sp³-hybridized carbons (Fsp3) is 0.533. The van der Waals surface area contributed by atoms with Crippen molar-refractivity contribution in [3.63, 3.8) is 0 Å². The van der Waals surface area contributed by atoms with Gasteiger partial charge in [-0.3, -0.25) is 10.2 Å². The molecule has 104 valence electrons. The van der Waals surface area contributed by atoms with Crippen LogP contribution in [0.25, 0.3) is 0 Å². The van der Waals surface area contributed by atoms with Crippen molar-refractivity contribution in [1.29, 1.82) is 0 Å². The van der Waals surface area contributed by atoms with Gasteiger partial charge in [-0.05, 0) is 37.4 Å². The van der Waals surface area contributed by atoms with Gasteiger partial charge in [-0.25, -0.2) is 5.84 Å². The molecule has 0 saturated carbocycles. The molecule has 1 atom stereocenters. The predicted molar refractivity (Wildman–Crippen MR) is 76.4 cm³/mol. The standard InChI is InChI=1S/C15H23N3O/c1-12-7-9-18(10-8-12)11-14(15(19)17-16)13-5-3-2-4-6-13/h2-6,12,14H,7-11,16H2,1H3,(H,17,19). The van der Waals surface area contributed by atoms with E-state index in [1.54, 1.807) is 0 Å². The van der Waals surface area contributed by atoms with Gasteiger partial charge in [0.2, 0.25) is 5.91 Å². The van der Waals surface area contributed by atoms with Crippen molar-refractivity contribution in [2.75, 3.05) is 19.6 Å². The van der Waals surface area contributed by atoms with Gasteiger partial charge in [-0.1, -0.05) is 37.3 Å². The van der Waals surface area contributed by atoms with Crippen LogP contribution in [0.4, 0.5) is 0 Å². The number of hydrogen-bond donors (Lipinski definition) is 2. The number of carbonyl (C=O) groups is 1. The summed E-state index contributed by atoms with van der Waals surface area (Å²) in [4.78, 5) is 14.4. The number of rotatable bonds is 4. The molecule has 1 aliphatic rings. The Hall–Kier alpha value is -1.39. The third-order valence-corrected chi connectivity index (χ3v) is 3.98. The Kier molecular flexibility index (Phi) is 4.93. The van der Waals surface area contributed by atoms with Gasteiger partial charge in [-0.15, -0.1) is 0 Å². The van der Waals surface area contributed by atoms with Crippen molar-refractivity contribution in [1.82, 2.24) is 10.3 Å². The van der Waals surface area contributed by atoms with Gasteiger partial charge in [0.15, 0.2) is 0 Å². The predicted octanol–water partition coefficient (Wildman–Crippen LogP) is 1.49. The van der Waals surface area contributed by atoms with Crippen molar-refractivity contribution in [2.24, 2.45) is 11.8 Å². The maximum absolute atomic E-state index is 12.0. The van der Waals surface area contributed by atoms with E-state index in [0.29, 0.717) is 0 Å². The number of amides is 1. The summed E-state index contributed by atoms with van der Waals surface area (Å²) in [6, 6.07) is 9.87. The van der Waals surface area contributed by atoms with Crippen molar-refractivity contribution in [2.45, 2.75) is 25.7 Å². The van der Waals surface area contributed by atoms with E-state index in [2.05, 4.69) is 17.2 Å². The van der Waals surface area contributed by atoms with Crippen LogP contribution < -0.4 is 11.3 Å². The Morgan fingerprint density at radius 1 is 1.37 bits per heavy atom. The highest BCUT2D eigenvalue weighted by atomic mass is 16.2. The number of hydrogen-bond acceptors (Lipinski definition) is 3. The smallest absolute Gasteiger partial charge is 0.242 e. The van der Waals surface area contributed by atoms with Crippen LogP contribution in [-0.4, -0.2) is 30.4 Å². The summed E-state index contributed by atoms with van der Waals surface area (Å²) in [6.07, 6.45) is 2.43. The van der Waals surface area contributed by atoms with Gasteiger partial charge in [-0.2, -0.15) is 0 Å². The van der Waals surface area contributed by atoms with E-state index in [4.69, 9.17) is 5.84 Å². The molecular weight excluding hydrogens is 238 g/mol. The van der Waals surface area contributed by atoms with Crippen molar-refractivity contribution in [3.8, 4) is 0 Å². The van der Waals surface area contributed by atoms with Crippen LogP contribution in [0.3, 0.4) is 0 Å². The van der Waals surface area contributed by atoms with Crippen LogP contribution in [0.1, 0.15) is 31.2 Å². The lowest BCUT2D eigenvalue weighted by Gasteiger charge is -2.32. The summed E-state index contributed by atoms with van der Waals surface area (Å²) in [6.45, 7) is 5.18. The quantitative estimate of drug-likeness (QED) is 0.490. The third-order valence-electron chi connectivity index (χ3n) is 3.98. The molecule has 2 rings (SSSR count). The number of hydrazine groups is 1. The Morgan fingerprint density at radius 2 is 2.00 bits per heavy atom. The highest BCUT2D eigenvalue weighted by Crippen LogP contribution is 2.21. The molecule has 1 heterocycles. The fourth-order valence-electron chi connectivity index (χ4n) is 2.63. The number of nitrogens with two attached hydrogens (primary N) is 1. The molecule has 4 nitrogen and oxygen atoms in total. The summed E-state index contributed by atoms with van der Waals surface area (Å²) in [5, 5.41) is 0. The highest BCUT2D eigenvalue weighted by Gasteiger charge is 2.24. The molecule has 1 amide bonds. The van der Waals surface area contributed by atoms with Crippen LogP contribution in [0.2, 0.25) is 0 Å². The first-order valence-electron chi connectivity index (χ1n) is 6.98. The van der Waals surface area contributed by atoms with E-state index in [1.807, 2.05) is 30.3 Å². The SMILES string of the molecule is CC1CCN(CC(C(=O)NN)c2ccccc2)CC1. The molecule has 0 aromatic heterocycles. The Bertz CT molecular complexity index is 399. The monoisotopic (exact) mass is 261 g/mol. The molecule has 1 fully saturated rings. The van der Waals surface area contributed by atoms with Crippen LogP contribution in [0, 0.1) is 5.92 Å². The number of likely N-dealkylation sites (tertiary alicyclic amines) is 1. The van der Waals surface area contributed by atoms with Gasteiger partial charge in [0.1, 0.15) is 0 Å². The number of nitrogens with one attached hydrogen (secondary N) is 1. The zero-order chi connectivity index (χ0) is 13.7. The third kappa shape index (κ3) is 3.78. The van der Waals surface area contributed by atoms with Gasteiger partial charge >= 0.3 is 0 Å². The maximum atomic E-state index is 12.0. The summed E-state index contributed by atoms with van der Waals surface area (Å²) >= 11 is 0. The summed E-state index contributed by atoms with van der Waals surface area (Å²) < 4.78 is 0. The van der Waals surface area contributed by atoms with E-state index >= 15 is 0 Å². The lowest BCUT2D eigenvalue weighted by Crippen LogP contribution is -2.42. The molecule has 1 unspecified atom stereocenters. The lowest BCUT2D eigenvalue weighted by atomic mass is 9.94. The Labute approximate surface area is 114 Å². The molecule has 1 aromatic rings. The Morgan fingerprint density at radius 3 is 2.58 bits per heavy atom. The summed E-state index contributed by atoms with van der Waals surface area (Å²) in [5.41, 5.74) is 3.33. The minimum Gasteiger partial charge on any atom is -0.302 e. The molecule has 19 heavy (non-hydrogen) atoms. The molecule has 0 aliphatic carbocycles. The van der Waals surface area contributed by atoms with E-state index < -0.39 is 0 Å². The van der Waals surface area contributed by atoms with E-state index in [1.165, 1.54) is 12.8 Å². The normalized spacial score (nSPS) is 19.1. The molecule has 3 N–H and O–H groups in total. The van der Waals surface area contributed by atoms with Crippen molar-refractivity contribution >= 4 is 5.91 Å². The average Bonchev–Trinajstić information content (AvgIpc) is 2.47. The minimum atomic E-state index is -0.181. The number of benzene rings is 1. The van der Waals surface area contributed by atoms with Crippen molar-refractivity contribution < 1.29 is 4.79 Å². The van der Waals surface area contributed by atoms with Crippen LogP contribution >= 0.6 is 0 Å². The van der Waals surface area contributed by atoms with E-state index in [0.717, 1.165) is 31.1 Å². The molecule has 4 heteroatoms. The van der Waals surface area contributed by atoms with Crippen molar-refractivity contribution in [3.05, 3.63) is 35.9 Å². The lowest BCUT2D eigenvalue weighted by molar-refractivity contribution is -0.123. The topological polar surface area (TPSA) is 58.4 Å². The number of nitrogens with zero attached hydrogens (tertiary/aromatic N) is 1. The maximum Gasteiger partial charge on any atom is 0.242 e. The minimum absolute atomic E-state index is 0.107. The second kappa shape index (κ2) is 6.68. The van der Waals surface area contributed by atoms with Gasteiger partial charge in [0, 0.05) is 6.54 Å². The van der Waals surface area contributed by atoms with Gasteiger partial charge in [0.05, 0.1) is 5.92 Å². The van der Waals surface area contributed by atoms with Gasteiger partial charge in [0.25, 0.3) is 0 Å². The van der Waals surface area contributed by atoms with E-state index in [9.17, 15) is 4.79 Å². The molecule has 0 bridgehead atoms. The zero-order valence-corrected chi connectivity index (χ0v) is 11.5. The fourth-order valence-corrected chi connectivity index (χ4v) is 2.63. The molecule has 1 aromatic carbocycles. The summed E-state index contributed by atoms with van der Waals surface area (Å²) in [7, 11) is 0. The van der Waals surface area contributed by atoms with E-state index in [-0.39, 0.29) is 11.8 Å². The molecule has 1 aliphatic heterocycles. The van der Waals surface area contributed by atoms with Crippen LogP contribution in [0.15, 0.2) is 30.3 Å². The highest BCUT2D eigenvalue weighted by molar-refractivity contribution is 5.83. The Balaban J connectivity index is 2.05. The molecule has 0 spiro atoms. The second-order valence-electron chi connectivity index (χ2n) is 5.45. The summed E-state index contributed by atoms with van der Waals surface area (Å²) in [5.74, 6) is 5.83. The second-order valence-corrected chi connectivity index (χ2v) is 5.45. The molecular formula is C15H23N3O. The zero-order valence-electron chi connectivity index (χ0n) is 11.5. The number of piperidine rings is 1. The molecule has 0 radical (unpaired) electrons. The largest absolute Gasteiger partial charge is 0.302 e. The average molecular weight is 261 g/mol. The van der Waals surface area contributed by atoms with Crippen LogP contribution in [0.5, 0.6) is 0 Å². The number of carbonyl (C=O) groups excluding carboxylic acids is 1.